The van der Waals surface area contributed by atoms with Crippen molar-refractivity contribution in [3.8, 4) is 0 Å². The van der Waals surface area contributed by atoms with E-state index in [0.717, 1.165) is 5.56 Å². The van der Waals surface area contributed by atoms with Crippen molar-refractivity contribution in [1.29, 1.82) is 0 Å². The van der Waals surface area contributed by atoms with Gasteiger partial charge in [-0.05, 0) is 31.5 Å². The number of halogens is 2. The second-order valence-corrected chi connectivity index (χ2v) is 4.63. The third kappa shape index (κ3) is 3.67. The summed E-state index contributed by atoms with van der Waals surface area (Å²) >= 11 is 0. The summed E-state index contributed by atoms with van der Waals surface area (Å²) in [6, 6.07) is 6.01. The van der Waals surface area contributed by atoms with Crippen molar-refractivity contribution in [2.75, 3.05) is 0 Å². The lowest BCUT2D eigenvalue weighted by atomic mass is 10.2. The molecule has 0 amide bonds. The van der Waals surface area contributed by atoms with Crippen LogP contribution in [0.25, 0.3) is 0 Å². The third-order valence-corrected chi connectivity index (χ3v) is 2.60. The summed E-state index contributed by atoms with van der Waals surface area (Å²) in [7, 11) is 0. The van der Waals surface area contributed by atoms with Gasteiger partial charge >= 0.3 is 0 Å². The zero-order valence-corrected chi connectivity index (χ0v) is 12.9. The molecule has 0 bridgehead atoms. The van der Waals surface area contributed by atoms with Gasteiger partial charge < -0.3 is 11.5 Å². The van der Waals surface area contributed by atoms with Crippen LogP contribution in [0.3, 0.4) is 0 Å². The third-order valence-electron chi connectivity index (χ3n) is 2.60. The molecule has 1 heterocycles. The monoisotopic (exact) mass is 345 g/mol. The average Bonchev–Trinajstić information content (AvgIpc) is 2.29. The normalized spacial score (nSPS) is 17.1. The van der Waals surface area contributed by atoms with Gasteiger partial charge in [-0.2, -0.15) is 10.1 Å². The van der Waals surface area contributed by atoms with Gasteiger partial charge in [0.15, 0.2) is 5.66 Å². The molecule has 1 aromatic rings. The van der Waals surface area contributed by atoms with E-state index in [1.54, 1.807) is 26.0 Å². The van der Waals surface area contributed by atoms with E-state index in [-0.39, 0.29) is 41.3 Å². The maximum atomic E-state index is 12.8. The van der Waals surface area contributed by atoms with Gasteiger partial charge in [-0.25, -0.2) is 9.38 Å². The number of hydrogen-bond donors (Lipinski definition) is 2. The van der Waals surface area contributed by atoms with Gasteiger partial charge in [-0.3, -0.25) is 4.84 Å². The number of guanidine groups is 2. The minimum atomic E-state index is -0.740. The summed E-state index contributed by atoms with van der Waals surface area (Å²) in [6.45, 7) is 3.83. The fraction of sp³-hybridized carbons (Fsp3) is 0.333. The maximum Gasteiger partial charge on any atom is 0.226 e. The van der Waals surface area contributed by atoms with E-state index in [0.29, 0.717) is 0 Å². The van der Waals surface area contributed by atoms with Crippen LogP contribution in [-0.4, -0.2) is 22.6 Å². The summed E-state index contributed by atoms with van der Waals surface area (Å²) in [4.78, 5) is 13.6. The molecule has 0 radical (unpaired) electrons. The fourth-order valence-corrected chi connectivity index (χ4v) is 1.74. The molecule has 0 aliphatic carbocycles. The van der Waals surface area contributed by atoms with E-state index in [1.807, 2.05) is 0 Å². The van der Waals surface area contributed by atoms with Crippen molar-refractivity contribution < 1.29 is 9.23 Å². The molecule has 2 rings (SSSR count). The van der Waals surface area contributed by atoms with Crippen LogP contribution >= 0.6 is 17.0 Å². The highest BCUT2D eigenvalue weighted by Gasteiger charge is 2.33. The molecule has 110 valence electrons. The number of rotatable bonds is 3. The Kier molecular flexibility index (Phi) is 5.07. The van der Waals surface area contributed by atoms with E-state index < -0.39 is 5.66 Å². The maximum absolute atomic E-state index is 12.8. The van der Waals surface area contributed by atoms with Crippen LogP contribution in [-0.2, 0) is 11.4 Å². The predicted octanol–water partition coefficient (Wildman–Crippen LogP) is 1.52. The minimum Gasteiger partial charge on any atom is -0.368 e. The van der Waals surface area contributed by atoms with Crippen LogP contribution in [0.15, 0.2) is 34.3 Å². The second kappa shape index (κ2) is 6.19. The van der Waals surface area contributed by atoms with Gasteiger partial charge in [-0.1, -0.05) is 12.1 Å². The number of benzene rings is 1. The Bertz CT molecular complexity index is 529. The van der Waals surface area contributed by atoms with Crippen molar-refractivity contribution in [2.24, 2.45) is 21.5 Å². The van der Waals surface area contributed by atoms with Crippen LogP contribution in [0.2, 0.25) is 0 Å². The summed E-state index contributed by atoms with van der Waals surface area (Å²) in [5.74, 6) is -0.0377. The molecule has 6 nitrogen and oxygen atoms in total. The summed E-state index contributed by atoms with van der Waals surface area (Å²) in [6.07, 6.45) is 0. The van der Waals surface area contributed by atoms with Crippen molar-refractivity contribution in [1.82, 2.24) is 5.06 Å². The van der Waals surface area contributed by atoms with Crippen molar-refractivity contribution in [2.45, 2.75) is 26.1 Å². The van der Waals surface area contributed by atoms with Crippen LogP contribution in [0.5, 0.6) is 0 Å². The Morgan fingerprint density at radius 2 is 1.85 bits per heavy atom. The molecular weight excluding hydrogens is 329 g/mol. The first-order valence-corrected chi connectivity index (χ1v) is 5.75. The highest BCUT2D eigenvalue weighted by Crippen LogP contribution is 2.20. The first-order valence-electron chi connectivity index (χ1n) is 5.75. The molecule has 1 aliphatic rings. The number of hydroxylamine groups is 2. The molecule has 1 aliphatic heterocycles. The molecule has 1 aromatic carbocycles. The molecule has 8 heteroatoms. The first-order chi connectivity index (χ1) is 8.88. The molecule has 0 spiro atoms. The van der Waals surface area contributed by atoms with Gasteiger partial charge in [0.2, 0.25) is 11.9 Å². The van der Waals surface area contributed by atoms with Crippen LogP contribution in [0, 0.1) is 5.82 Å². The Labute approximate surface area is 127 Å². The summed E-state index contributed by atoms with van der Waals surface area (Å²) in [5, 5.41) is 1.38. The Morgan fingerprint density at radius 1 is 1.25 bits per heavy atom. The molecule has 0 aromatic heterocycles. The van der Waals surface area contributed by atoms with Gasteiger partial charge in [-0.15, -0.1) is 17.0 Å². The SMILES string of the molecule is Br.CC1(C)N=C(N)N=C(N)N1OCc1ccc(F)cc1. The van der Waals surface area contributed by atoms with E-state index in [4.69, 9.17) is 16.3 Å². The van der Waals surface area contributed by atoms with E-state index in [2.05, 4.69) is 9.98 Å². The quantitative estimate of drug-likeness (QED) is 0.868. The smallest absolute Gasteiger partial charge is 0.226 e. The van der Waals surface area contributed by atoms with Crippen molar-refractivity contribution >= 4 is 28.9 Å². The van der Waals surface area contributed by atoms with Crippen molar-refractivity contribution in [3.05, 3.63) is 35.6 Å². The Morgan fingerprint density at radius 3 is 2.40 bits per heavy atom. The van der Waals surface area contributed by atoms with Gasteiger partial charge in [0.25, 0.3) is 0 Å². The highest BCUT2D eigenvalue weighted by molar-refractivity contribution is 8.93. The topological polar surface area (TPSA) is 89.2 Å². The lowest BCUT2D eigenvalue weighted by Gasteiger charge is -2.36. The zero-order valence-electron chi connectivity index (χ0n) is 11.2. The molecule has 20 heavy (non-hydrogen) atoms. The zero-order chi connectivity index (χ0) is 14.0. The highest BCUT2D eigenvalue weighted by atomic mass is 79.9. The predicted molar refractivity (Wildman–Crippen MR) is 80.7 cm³/mol. The van der Waals surface area contributed by atoms with E-state index >= 15 is 0 Å². The molecule has 0 unspecified atom stereocenters. The molecule has 0 saturated carbocycles. The average molecular weight is 346 g/mol. The number of hydrogen-bond acceptors (Lipinski definition) is 6. The van der Waals surface area contributed by atoms with Crippen LogP contribution < -0.4 is 11.5 Å². The van der Waals surface area contributed by atoms with Crippen LogP contribution in [0.4, 0.5) is 4.39 Å². The molecule has 0 fully saturated rings. The second-order valence-electron chi connectivity index (χ2n) is 4.63. The standard InChI is InChI=1S/C12H16FN5O.BrH/c1-12(2)17-10(14)16-11(15)18(12)19-7-8-3-5-9(13)6-4-8;/h3-6H,7H2,1-2H3,(H4,14,15,16,17);1H. The largest absolute Gasteiger partial charge is 0.368 e. The Hall–Kier alpha value is -1.67. The lowest BCUT2D eigenvalue weighted by Crippen LogP contribution is -2.53. The lowest BCUT2D eigenvalue weighted by molar-refractivity contribution is -0.166. The molecule has 4 N–H and O–H groups in total. The number of nitrogens with zero attached hydrogens (tertiary/aromatic N) is 3. The minimum absolute atomic E-state index is 0. The van der Waals surface area contributed by atoms with Crippen molar-refractivity contribution in [3.63, 3.8) is 0 Å². The molecular formula is C12H17BrFN5O. The van der Waals surface area contributed by atoms with Crippen LogP contribution in [0.1, 0.15) is 19.4 Å². The van der Waals surface area contributed by atoms with Gasteiger partial charge in [0.1, 0.15) is 12.4 Å². The summed E-state index contributed by atoms with van der Waals surface area (Å²) < 4.78 is 12.8. The summed E-state index contributed by atoms with van der Waals surface area (Å²) in [5.41, 5.74) is 11.4. The van der Waals surface area contributed by atoms with Gasteiger partial charge in [0.05, 0.1) is 0 Å². The Balaban J connectivity index is 0.00000200. The fourth-order valence-electron chi connectivity index (χ4n) is 1.74. The molecule has 0 atom stereocenters. The van der Waals surface area contributed by atoms with E-state index in [9.17, 15) is 4.39 Å². The molecule has 0 saturated heterocycles. The van der Waals surface area contributed by atoms with Gasteiger partial charge in [0, 0.05) is 0 Å². The first kappa shape index (κ1) is 16.4. The number of nitrogens with two attached hydrogens (primary N) is 2. The number of aliphatic imine (C=N–C) groups is 2. The van der Waals surface area contributed by atoms with E-state index in [1.165, 1.54) is 17.2 Å².